The quantitative estimate of drug-likeness (QED) is 0.688. The number of hydrogen-bond acceptors (Lipinski definition) is 4. The molecule has 16 heavy (non-hydrogen) atoms. The summed E-state index contributed by atoms with van der Waals surface area (Å²) in [7, 11) is 0. The molecule has 1 saturated heterocycles. The van der Waals surface area contributed by atoms with Crippen molar-refractivity contribution in [2.45, 2.75) is 18.6 Å². The summed E-state index contributed by atoms with van der Waals surface area (Å²) in [6.07, 6.45) is 3.24. The third-order valence-corrected chi connectivity index (χ3v) is 2.83. The van der Waals surface area contributed by atoms with Gasteiger partial charge in [0.05, 0.1) is 12.1 Å². The van der Waals surface area contributed by atoms with E-state index in [1.54, 1.807) is 28.0 Å². The van der Waals surface area contributed by atoms with Gasteiger partial charge >= 0.3 is 0 Å². The molecule has 1 aromatic rings. The molecule has 0 aliphatic carbocycles. The molecule has 0 unspecified atom stereocenters. The summed E-state index contributed by atoms with van der Waals surface area (Å²) >= 11 is 0. The fourth-order valence-corrected chi connectivity index (χ4v) is 1.99. The molecule has 0 saturated carbocycles. The lowest BCUT2D eigenvalue weighted by Gasteiger charge is -2.15. The lowest BCUT2D eigenvalue weighted by Crippen LogP contribution is -2.31. The summed E-state index contributed by atoms with van der Waals surface area (Å²) in [4.78, 5) is 13.3. The van der Waals surface area contributed by atoms with Crippen molar-refractivity contribution in [1.82, 2.24) is 14.7 Å². The summed E-state index contributed by atoms with van der Waals surface area (Å²) in [6.45, 7) is 1.21. The number of carbonyl (C=O) groups is 1. The Bertz CT molecular complexity index is 352. The second-order valence-electron chi connectivity index (χ2n) is 3.96. The van der Waals surface area contributed by atoms with Crippen LogP contribution in [0.2, 0.25) is 0 Å². The number of likely N-dealkylation sites (tertiary alicyclic amines) is 1. The SMILES string of the molecule is NCCC(=O)N1C[C@@H](O)[C@@H](n2cccn2)C1. The summed E-state index contributed by atoms with van der Waals surface area (Å²) in [5.41, 5.74) is 5.33. The average molecular weight is 224 g/mol. The highest BCUT2D eigenvalue weighted by atomic mass is 16.3. The molecule has 0 spiro atoms. The zero-order valence-corrected chi connectivity index (χ0v) is 8.99. The molecular weight excluding hydrogens is 208 g/mol. The number of aliphatic hydroxyl groups excluding tert-OH is 1. The smallest absolute Gasteiger partial charge is 0.224 e. The highest BCUT2D eigenvalue weighted by Crippen LogP contribution is 2.21. The number of carbonyl (C=O) groups excluding carboxylic acids is 1. The van der Waals surface area contributed by atoms with Gasteiger partial charge in [0.2, 0.25) is 5.91 Å². The largest absolute Gasteiger partial charge is 0.389 e. The molecule has 6 heteroatoms. The van der Waals surface area contributed by atoms with Crippen LogP contribution in [0.5, 0.6) is 0 Å². The minimum Gasteiger partial charge on any atom is -0.389 e. The first-order valence-corrected chi connectivity index (χ1v) is 5.37. The van der Waals surface area contributed by atoms with Crippen molar-refractivity contribution in [2.75, 3.05) is 19.6 Å². The summed E-state index contributed by atoms with van der Waals surface area (Å²) in [5, 5.41) is 13.9. The van der Waals surface area contributed by atoms with Crippen molar-refractivity contribution >= 4 is 5.91 Å². The molecule has 1 aliphatic heterocycles. The molecule has 2 atom stereocenters. The Labute approximate surface area is 93.6 Å². The van der Waals surface area contributed by atoms with Crippen LogP contribution in [-0.4, -0.2) is 51.4 Å². The van der Waals surface area contributed by atoms with E-state index in [0.717, 1.165) is 0 Å². The molecule has 6 nitrogen and oxygen atoms in total. The minimum absolute atomic E-state index is 0.00351. The van der Waals surface area contributed by atoms with Crippen LogP contribution in [-0.2, 0) is 4.79 Å². The van der Waals surface area contributed by atoms with E-state index in [1.165, 1.54) is 0 Å². The molecule has 2 rings (SSSR count). The van der Waals surface area contributed by atoms with Gasteiger partial charge in [0.15, 0.2) is 0 Å². The molecule has 1 aliphatic rings. The predicted molar refractivity (Wildman–Crippen MR) is 57.5 cm³/mol. The summed E-state index contributed by atoms with van der Waals surface area (Å²) in [6, 6.07) is 1.66. The third kappa shape index (κ3) is 2.07. The first kappa shape index (κ1) is 11.1. The van der Waals surface area contributed by atoms with Gasteiger partial charge in [-0.1, -0.05) is 0 Å². The van der Waals surface area contributed by atoms with E-state index >= 15 is 0 Å². The highest BCUT2D eigenvalue weighted by molar-refractivity contribution is 5.76. The Balaban J connectivity index is 2.02. The van der Waals surface area contributed by atoms with Gasteiger partial charge in [0.1, 0.15) is 0 Å². The zero-order valence-electron chi connectivity index (χ0n) is 8.99. The van der Waals surface area contributed by atoms with Crippen molar-refractivity contribution in [1.29, 1.82) is 0 Å². The maximum absolute atomic E-state index is 11.6. The van der Waals surface area contributed by atoms with E-state index in [-0.39, 0.29) is 11.9 Å². The molecule has 3 N–H and O–H groups in total. The van der Waals surface area contributed by atoms with Crippen LogP contribution < -0.4 is 5.73 Å². The molecule has 2 heterocycles. The standard InChI is InChI=1S/C10H16N4O2/c11-3-2-10(16)13-6-8(9(15)7-13)14-5-1-4-12-14/h1,4-5,8-9,15H,2-3,6-7,11H2/t8-,9+/m0/s1. The van der Waals surface area contributed by atoms with Crippen LogP contribution >= 0.6 is 0 Å². The molecule has 0 bridgehead atoms. The lowest BCUT2D eigenvalue weighted by molar-refractivity contribution is -0.130. The number of hydrogen-bond donors (Lipinski definition) is 2. The first-order valence-electron chi connectivity index (χ1n) is 5.37. The zero-order chi connectivity index (χ0) is 11.5. The first-order chi connectivity index (χ1) is 7.72. The lowest BCUT2D eigenvalue weighted by atomic mass is 10.2. The Kier molecular flexibility index (Phi) is 3.21. The molecule has 1 amide bonds. The van der Waals surface area contributed by atoms with E-state index in [0.29, 0.717) is 26.1 Å². The Morgan fingerprint density at radius 3 is 3.00 bits per heavy atom. The van der Waals surface area contributed by atoms with Crippen LogP contribution in [0.15, 0.2) is 18.5 Å². The van der Waals surface area contributed by atoms with Crippen molar-refractivity contribution in [3.8, 4) is 0 Å². The number of β-amino-alcohol motifs (C(OH)–C–C–N with tert-alkyl or cyclic N) is 1. The maximum Gasteiger partial charge on any atom is 0.224 e. The van der Waals surface area contributed by atoms with Crippen LogP contribution in [0, 0.1) is 0 Å². The third-order valence-electron chi connectivity index (χ3n) is 2.83. The van der Waals surface area contributed by atoms with Crippen LogP contribution in [0.4, 0.5) is 0 Å². The van der Waals surface area contributed by atoms with E-state index in [2.05, 4.69) is 5.10 Å². The van der Waals surface area contributed by atoms with Gasteiger partial charge in [-0.3, -0.25) is 9.48 Å². The van der Waals surface area contributed by atoms with Gasteiger partial charge in [-0.2, -0.15) is 5.10 Å². The second kappa shape index (κ2) is 4.63. The number of amides is 1. The van der Waals surface area contributed by atoms with Gasteiger partial charge < -0.3 is 15.7 Å². The van der Waals surface area contributed by atoms with E-state index in [1.807, 2.05) is 0 Å². The maximum atomic E-state index is 11.6. The van der Waals surface area contributed by atoms with E-state index in [9.17, 15) is 9.90 Å². The number of rotatable bonds is 3. The molecule has 1 aromatic heterocycles. The molecule has 1 fully saturated rings. The normalized spacial score (nSPS) is 25.0. The van der Waals surface area contributed by atoms with Crippen LogP contribution in [0.3, 0.4) is 0 Å². The van der Waals surface area contributed by atoms with Gasteiger partial charge in [-0.15, -0.1) is 0 Å². The molecular formula is C10H16N4O2. The number of aromatic nitrogens is 2. The minimum atomic E-state index is -0.554. The Morgan fingerprint density at radius 2 is 2.38 bits per heavy atom. The number of nitrogens with zero attached hydrogens (tertiary/aromatic N) is 3. The molecule has 0 radical (unpaired) electrons. The predicted octanol–water partition coefficient (Wildman–Crippen LogP) is -1.02. The van der Waals surface area contributed by atoms with Gasteiger partial charge in [0, 0.05) is 38.4 Å². The summed E-state index contributed by atoms with van der Waals surface area (Å²) in [5.74, 6) is -0.00351. The fourth-order valence-electron chi connectivity index (χ4n) is 1.99. The van der Waals surface area contributed by atoms with Crippen LogP contribution in [0.25, 0.3) is 0 Å². The molecule has 88 valence electrons. The van der Waals surface area contributed by atoms with Crippen molar-refractivity contribution in [3.05, 3.63) is 18.5 Å². The van der Waals surface area contributed by atoms with E-state index in [4.69, 9.17) is 5.73 Å². The topological polar surface area (TPSA) is 84.4 Å². The second-order valence-corrected chi connectivity index (χ2v) is 3.96. The Hall–Kier alpha value is -1.40. The summed E-state index contributed by atoms with van der Waals surface area (Å²) < 4.78 is 1.69. The van der Waals surface area contributed by atoms with Gasteiger partial charge in [-0.05, 0) is 6.07 Å². The Morgan fingerprint density at radius 1 is 1.56 bits per heavy atom. The number of aliphatic hydroxyl groups is 1. The monoisotopic (exact) mass is 224 g/mol. The van der Waals surface area contributed by atoms with Crippen molar-refractivity contribution in [3.63, 3.8) is 0 Å². The average Bonchev–Trinajstić information content (AvgIpc) is 2.86. The van der Waals surface area contributed by atoms with Crippen molar-refractivity contribution < 1.29 is 9.90 Å². The van der Waals surface area contributed by atoms with Crippen molar-refractivity contribution in [2.24, 2.45) is 5.73 Å². The van der Waals surface area contributed by atoms with Crippen LogP contribution in [0.1, 0.15) is 12.5 Å². The molecule has 0 aromatic carbocycles. The fraction of sp³-hybridized carbons (Fsp3) is 0.600. The van der Waals surface area contributed by atoms with Gasteiger partial charge in [0.25, 0.3) is 0 Å². The van der Waals surface area contributed by atoms with Gasteiger partial charge in [-0.25, -0.2) is 0 Å². The number of nitrogens with two attached hydrogens (primary N) is 1. The highest BCUT2D eigenvalue weighted by Gasteiger charge is 2.34. The van der Waals surface area contributed by atoms with E-state index < -0.39 is 6.10 Å².